The first-order valence-corrected chi connectivity index (χ1v) is 6.84. The first-order valence-electron chi connectivity index (χ1n) is 6.84. The van der Waals surface area contributed by atoms with Crippen molar-refractivity contribution in [1.29, 1.82) is 0 Å². The van der Waals surface area contributed by atoms with Crippen LogP contribution in [0, 0.1) is 0 Å². The monoisotopic (exact) mass is 264 g/mol. The Hall–Kier alpha value is -2.35. The number of hydrogen-bond acceptors (Lipinski definition) is 2. The summed E-state index contributed by atoms with van der Waals surface area (Å²) < 4.78 is 5.36. The molecule has 0 N–H and O–H groups in total. The predicted octanol–water partition coefficient (Wildman–Crippen LogP) is 4.27. The first kappa shape index (κ1) is 12.7. The molecule has 0 bridgehead atoms. The molecule has 1 aliphatic rings. The van der Waals surface area contributed by atoms with Crippen molar-refractivity contribution in [2.45, 2.75) is 12.8 Å². The molecule has 3 rings (SSSR count). The van der Waals surface area contributed by atoms with E-state index in [1.54, 1.807) is 0 Å². The van der Waals surface area contributed by atoms with Gasteiger partial charge in [-0.15, -0.1) is 0 Å². The van der Waals surface area contributed by atoms with Gasteiger partial charge in [-0.25, -0.2) is 4.79 Å². The lowest BCUT2D eigenvalue weighted by molar-refractivity contribution is 0.0542. The van der Waals surface area contributed by atoms with Crippen LogP contribution >= 0.6 is 0 Å². The van der Waals surface area contributed by atoms with Crippen LogP contribution in [0.15, 0.2) is 66.3 Å². The third kappa shape index (κ3) is 2.80. The minimum atomic E-state index is -0.268. The summed E-state index contributed by atoms with van der Waals surface area (Å²) in [6, 6.07) is 13.6. The van der Waals surface area contributed by atoms with Crippen LogP contribution in [0.25, 0.3) is 10.8 Å². The zero-order chi connectivity index (χ0) is 13.8. The highest BCUT2D eigenvalue weighted by atomic mass is 16.5. The van der Waals surface area contributed by atoms with E-state index in [2.05, 4.69) is 12.2 Å². The molecule has 0 saturated heterocycles. The number of carbonyl (C=O) groups excluding carboxylic acids is 1. The average molecular weight is 264 g/mol. The number of hydrogen-bond donors (Lipinski definition) is 0. The topological polar surface area (TPSA) is 26.3 Å². The Bertz CT molecular complexity index is 695. The molecule has 0 unspecified atom stereocenters. The van der Waals surface area contributed by atoms with E-state index in [1.165, 1.54) is 0 Å². The van der Waals surface area contributed by atoms with Crippen molar-refractivity contribution in [1.82, 2.24) is 0 Å². The molecule has 0 radical (unpaired) electrons. The molecule has 2 aromatic rings. The quantitative estimate of drug-likeness (QED) is 0.774. The van der Waals surface area contributed by atoms with Gasteiger partial charge in [0, 0.05) is 0 Å². The molecule has 20 heavy (non-hydrogen) atoms. The van der Waals surface area contributed by atoms with E-state index in [9.17, 15) is 4.79 Å². The van der Waals surface area contributed by atoms with Crippen molar-refractivity contribution >= 4 is 16.7 Å². The third-order valence-electron chi connectivity index (χ3n) is 3.43. The standard InChI is InChI=1S/C18H16O2/c19-18(20-13-14-6-2-1-3-7-14)17-11-10-15-8-4-5-9-16(15)12-17/h2,4-12H,1,3,13H2. The van der Waals surface area contributed by atoms with Gasteiger partial charge in [-0.05, 0) is 41.3 Å². The molecular formula is C18H16O2. The van der Waals surface area contributed by atoms with E-state index in [0.29, 0.717) is 12.2 Å². The molecule has 2 aromatic carbocycles. The van der Waals surface area contributed by atoms with E-state index in [0.717, 1.165) is 29.2 Å². The van der Waals surface area contributed by atoms with Crippen LogP contribution in [0.3, 0.4) is 0 Å². The summed E-state index contributed by atoms with van der Waals surface area (Å²) in [5, 5.41) is 2.18. The van der Waals surface area contributed by atoms with Crippen LogP contribution in [0.2, 0.25) is 0 Å². The molecule has 1 aliphatic carbocycles. The molecule has 2 heteroatoms. The molecule has 2 nitrogen and oxygen atoms in total. The SMILES string of the molecule is O=C(OCC1=CCCC=C1)c1ccc2ccccc2c1. The summed E-state index contributed by atoms with van der Waals surface area (Å²) >= 11 is 0. The smallest absolute Gasteiger partial charge is 0.338 e. The Morgan fingerprint density at radius 1 is 1.05 bits per heavy atom. The van der Waals surface area contributed by atoms with Crippen molar-refractivity contribution in [3.05, 3.63) is 71.8 Å². The minimum Gasteiger partial charge on any atom is -0.457 e. The van der Waals surface area contributed by atoms with Crippen molar-refractivity contribution < 1.29 is 9.53 Å². The summed E-state index contributed by atoms with van der Waals surface area (Å²) in [6.45, 7) is 0.349. The summed E-state index contributed by atoms with van der Waals surface area (Å²) in [6.07, 6.45) is 8.35. The number of rotatable bonds is 3. The van der Waals surface area contributed by atoms with E-state index in [1.807, 2.05) is 48.5 Å². The van der Waals surface area contributed by atoms with E-state index < -0.39 is 0 Å². The second-order valence-electron chi connectivity index (χ2n) is 4.90. The summed E-state index contributed by atoms with van der Waals surface area (Å²) in [4.78, 5) is 12.1. The Morgan fingerprint density at radius 2 is 1.90 bits per heavy atom. The molecule has 0 fully saturated rings. The second kappa shape index (κ2) is 5.74. The molecule has 0 saturated carbocycles. The zero-order valence-electron chi connectivity index (χ0n) is 11.2. The molecule has 100 valence electrons. The third-order valence-corrected chi connectivity index (χ3v) is 3.43. The first-order chi connectivity index (χ1) is 9.83. The molecule has 0 amide bonds. The average Bonchev–Trinajstić information content (AvgIpc) is 2.53. The van der Waals surface area contributed by atoms with E-state index >= 15 is 0 Å². The van der Waals surface area contributed by atoms with Gasteiger partial charge in [0.1, 0.15) is 6.61 Å². The Morgan fingerprint density at radius 3 is 2.70 bits per heavy atom. The molecule has 0 heterocycles. The fourth-order valence-corrected chi connectivity index (χ4v) is 2.32. The normalized spacial score (nSPS) is 14.1. The minimum absolute atomic E-state index is 0.268. The maximum Gasteiger partial charge on any atom is 0.338 e. The van der Waals surface area contributed by atoms with Crippen LogP contribution in [-0.2, 0) is 4.74 Å². The fraction of sp³-hybridized carbons (Fsp3) is 0.167. The van der Waals surface area contributed by atoms with Crippen LogP contribution in [0.4, 0.5) is 0 Å². The van der Waals surface area contributed by atoms with E-state index in [4.69, 9.17) is 4.74 Å². The van der Waals surface area contributed by atoms with Crippen LogP contribution < -0.4 is 0 Å². The number of esters is 1. The maximum atomic E-state index is 12.1. The molecule has 0 aromatic heterocycles. The molecule has 0 atom stereocenters. The van der Waals surface area contributed by atoms with Crippen molar-refractivity contribution in [3.8, 4) is 0 Å². The Labute approximate surface area is 118 Å². The number of ether oxygens (including phenoxy) is 1. The van der Waals surface area contributed by atoms with Gasteiger partial charge in [-0.1, -0.05) is 48.6 Å². The summed E-state index contributed by atoms with van der Waals surface area (Å²) in [5.74, 6) is -0.268. The lowest BCUT2D eigenvalue weighted by Crippen LogP contribution is -2.08. The highest BCUT2D eigenvalue weighted by Gasteiger charge is 2.08. The zero-order valence-corrected chi connectivity index (χ0v) is 11.2. The van der Waals surface area contributed by atoms with Gasteiger partial charge in [0.05, 0.1) is 5.56 Å². The summed E-state index contributed by atoms with van der Waals surface area (Å²) in [5.41, 5.74) is 1.68. The van der Waals surface area contributed by atoms with Crippen LogP contribution in [0.1, 0.15) is 23.2 Å². The van der Waals surface area contributed by atoms with Crippen molar-refractivity contribution in [2.24, 2.45) is 0 Å². The second-order valence-corrected chi connectivity index (χ2v) is 4.90. The van der Waals surface area contributed by atoms with Gasteiger partial charge < -0.3 is 4.74 Å². The largest absolute Gasteiger partial charge is 0.457 e. The van der Waals surface area contributed by atoms with Gasteiger partial charge in [0.15, 0.2) is 0 Å². The van der Waals surface area contributed by atoms with Gasteiger partial charge in [0.25, 0.3) is 0 Å². The van der Waals surface area contributed by atoms with Crippen LogP contribution in [-0.4, -0.2) is 12.6 Å². The van der Waals surface area contributed by atoms with Gasteiger partial charge >= 0.3 is 5.97 Å². The summed E-state index contributed by atoms with van der Waals surface area (Å²) in [7, 11) is 0. The van der Waals surface area contributed by atoms with Gasteiger partial charge in [-0.2, -0.15) is 0 Å². The number of carbonyl (C=O) groups is 1. The fourth-order valence-electron chi connectivity index (χ4n) is 2.32. The predicted molar refractivity (Wildman–Crippen MR) is 80.7 cm³/mol. The van der Waals surface area contributed by atoms with Crippen LogP contribution in [0.5, 0.6) is 0 Å². The number of benzene rings is 2. The van der Waals surface area contributed by atoms with Gasteiger partial charge in [-0.3, -0.25) is 0 Å². The number of allylic oxidation sites excluding steroid dienone is 2. The molecule has 0 spiro atoms. The lowest BCUT2D eigenvalue weighted by Gasteiger charge is -2.09. The maximum absolute atomic E-state index is 12.1. The van der Waals surface area contributed by atoms with Crippen molar-refractivity contribution in [3.63, 3.8) is 0 Å². The number of fused-ring (bicyclic) bond motifs is 1. The van der Waals surface area contributed by atoms with Crippen molar-refractivity contribution in [2.75, 3.05) is 6.61 Å². The van der Waals surface area contributed by atoms with Gasteiger partial charge in [0.2, 0.25) is 0 Å². The Kier molecular flexibility index (Phi) is 3.64. The highest BCUT2D eigenvalue weighted by Crippen LogP contribution is 2.17. The van der Waals surface area contributed by atoms with E-state index in [-0.39, 0.29) is 5.97 Å². The Balaban J connectivity index is 1.72. The molecule has 0 aliphatic heterocycles. The highest BCUT2D eigenvalue weighted by molar-refractivity contribution is 5.95. The lowest BCUT2D eigenvalue weighted by atomic mass is 10.1. The molecular weight excluding hydrogens is 248 g/mol.